The van der Waals surface area contributed by atoms with Crippen molar-refractivity contribution in [3.8, 4) is 11.8 Å². The summed E-state index contributed by atoms with van der Waals surface area (Å²) in [6, 6.07) is 19.4. The number of carbonyl (C=O) groups is 1. The van der Waals surface area contributed by atoms with Crippen molar-refractivity contribution >= 4 is 16.8 Å². The molecular weight excluding hydrogens is 416 g/mol. The summed E-state index contributed by atoms with van der Waals surface area (Å²) in [6.07, 6.45) is 5.86. The molecule has 33 heavy (non-hydrogen) atoms. The molecule has 7 heteroatoms. The fourth-order valence-electron chi connectivity index (χ4n) is 4.09. The van der Waals surface area contributed by atoms with Crippen LogP contribution in [0.15, 0.2) is 79.3 Å². The summed E-state index contributed by atoms with van der Waals surface area (Å²) in [4.78, 5) is 27.7. The second kappa shape index (κ2) is 9.75. The maximum absolute atomic E-state index is 13.3. The summed E-state index contributed by atoms with van der Waals surface area (Å²) in [5, 5.41) is 1.12. The lowest BCUT2D eigenvalue weighted by molar-refractivity contribution is 0.0737. The van der Waals surface area contributed by atoms with Crippen LogP contribution in [0.1, 0.15) is 15.9 Å². The lowest BCUT2D eigenvalue weighted by atomic mass is 9.98. The van der Waals surface area contributed by atoms with Gasteiger partial charge < -0.3 is 14.4 Å². The van der Waals surface area contributed by atoms with E-state index < -0.39 is 0 Å². The molecule has 4 aromatic rings. The van der Waals surface area contributed by atoms with E-state index in [0.29, 0.717) is 37.6 Å². The Morgan fingerprint density at radius 3 is 2.79 bits per heavy atom. The van der Waals surface area contributed by atoms with E-state index in [4.69, 9.17) is 9.47 Å². The largest absolute Gasteiger partial charge is 0.424 e. The van der Waals surface area contributed by atoms with Gasteiger partial charge in [-0.15, -0.1) is 0 Å². The minimum atomic E-state index is -0.0346. The first-order valence-electron chi connectivity index (χ1n) is 11.0. The molecule has 0 bridgehead atoms. The molecule has 0 N–H and O–H groups in total. The summed E-state index contributed by atoms with van der Waals surface area (Å²) < 4.78 is 11.5. The molecule has 1 aliphatic heterocycles. The van der Waals surface area contributed by atoms with Crippen LogP contribution in [0, 0.1) is 5.92 Å². The molecule has 0 spiro atoms. The zero-order chi connectivity index (χ0) is 22.5. The normalized spacial score (nSPS) is 16.4. The van der Waals surface area contributed by atoms with Gasteiger partial charge in [-0.2, -0.15) is 0 Å². The van der Waals surface area contributed by atoms with Crippen molar-refractivity contribution in [3.05, 3.63) is 90.4 Å². The van der Waals surface area contributed by atoms with Crippen molar-refractivity contribution in [3.63, 3.8) is 0 Å². The minimum Gasteiger partial charge on any atom is -0.424 e. The molecule has 0 aliphatic carbocycles. The van der Waals surface area contributed by atoms with E-state index in [1.165, 1.54) is 5.56 Å². The molecule has 0 unspecified atom stereocenters. The molecule has 0 radical (unpaired) electrons. The van der Waals surface area contributed by atoms with E-state index in [0.717, 1.165) is 17.3 Å². The fraction of sp³-hybridized carbons (Fsp3) is 0.231. The first kappa shape index (κ1) is 21.0. The van der Waals surface area contributed by atoms with Gasteiger partial charge in [0.15, 0.2) is 0 Å². The van der Waals surface area contributed by atoms with Crippen LogP contribution >= 0.6 is 0 Å². The van der Waals surface area contributed by atoms with Crippen molar-refractivity contribution in [1.29, 1.82) is 0 Å². The number of pyridine rings is 1. The molecule has 1 fully saturated rings. The first-order chi connectivity index (χ1) is 16.2. The number of hydrogen-bond donors (Lipinski definition) is 0. The molecule has 7 nitrogen and oxygen atoms in total. The Hall–Kier alpha value is -3.84. The highest BCUT2D eigenvalue weighted by molar-refractivity contribution is 5.94. The zero-order valence-electron chi connectivity index (χ0n) is 18.1. The third kappa shape index (κ3) is 5.15. The number of aromatic nitrogens is 3. The van der Waals surface area contributed by atoms with E-state index in [2.05, 4.69) is 33.2 Å². The van der Waals surface area contributed by atoms with E-state index in [9.17, 15) is 4.79 Å². The molecule has 5 rings (SSSR count). The van der Waals surface area contributed by atoms with Gasteiger partial charge in [0.25, 0.3) is 5.91 Å². The lowest BCUT2D eigenvalue weighted by Gasteiger charge is -2.24. The van der Waals surface area contributed by atoms with Crippen molar-refractivity contribution in [2.24, 2.45) is 5.92 Å². The number of nitrogens with zero attached hydrogens (tertiary/aromatic N) is 4. The Morgan fingerprint density at radius 2 is 1.88 bits per heavy atom. The molecule has 2 aromatic heterocycles. The SMILES string of the molecule is O=C(c1cccc(Oc2ncccn2)c1)N1CCOC[C@H](Cc2ccc3ncccc3c2)C1. The molecule has 1 amide bonds. The summed E-state index contributed by atoms with van der Waals surface area (Å²) >= 11 is 0. The molecule has 166 valence electrons. The van der Waals surface area contributed by atoms with E-state index >= 15 is 0 Å². The Bertz CT molecular complexity index is 1250. The van der Waals surface area contributed by atoms with Gasteiger partial charge in [0.2, 0.25) is 0 Å². The molecular formula is C26H24N4O3. The molecule has 1 atom stereocenters. The van der Waals surface area contributed by atoms with Crippen LogP contribution in [-0.4, -0.2) is 52.1 Å². The summed E-state index contributed by atoms with van der Waals surface area (Å²) in [5.74, 6) is 0.704. The first-order valence-corrected chi connectivity index (χ1v) is 11.0. The second-order valence-corrected chi connectivity index (χ2v) is 8.09. The van der Waals surface area contributed by atoms with Crippen LogP contribution < -0.4 is 4.74 Å². The summed E-state index contributed by atoms with van der Waals surface area (Å²) in [6.45, 7) is 2.35. The number of carbonyl (C=O) groups excluding carboxylic acids is 1. The van der Waals surface area contributed by atoms with Gasteiger partial charge in [-0.25, -0.2) is 9.97 Å². The van der Waals surface area contributed by atoms with Crippen LogP contribution in [0.25, 0.3) is 10.9 Å². The Balaban J connectivity index is 1.29. The maximum Gasteiger partial charge on any atom is 0.321 e. The average Bonchev–Trinajstić information content (AvgIpc) is 3.10. The quantitative estimate of drug-likeness (QED) is 0.464. The lowest BCUT2D eigenvalue weighted by Crippen LogP contribution is -2.36. The maximum atomic E-state index is 13.3. The number of benzene rings is 2. The Kier molecular flexibility index (Phi) is 6.21. The predicted octanol–water partition coefficient (Wildman–Crippen LogP) is 4.15. The monoisotopic (exact) mass is 440 g/mol. The zero-order valence-corrected chi connectivity index (χ0v) is 18.1. The van der Waals surface area contributed by atoms with Gasteiger partial charge in [0, 0.05) is 48.5 Å². The van der Waals surface area contributed by atoms with Crippen molar-refractivity contribution < 1.29 is 14.3 Å². The fourth-order valence-corrected chi connectivity index (χ4v) is 4.09. The van der Waals surface area contributed by atoms with Gasteiger partial charge in [-0.3, -0.25) is 9.78 Å². The third-order valence-electron chi connectivity index (χ3n) is 5.65. The summed E-state index contributed by atoms with van der Waals surface area (Å²) in [7, 11) is 0. The average molecular weight is 441 g/mol. The number of rotatable bonds is 5. The van der Waals surface area contributed by atoms with Crippen LogP contribution in [0.4, 0.5) is 0 Å². The highest BCUT2D eigenvalue weighted by atomic mass is 16.5. The van der Waals surface area contributed by atoms with E-state index in [1.807, 2.05) is 17.0 Å². The number of hydrogen-bond acceptors (Lipinski definition) is 6. The number of ether oxygens (including phenoxy) is 2. The minimum absolute atomic E-state index is 0.0346. The van der Waals surface area contributed by atoms with Crippen LogP contribution in [0.3, 0.4) is 0 Å². The molecule has 1 saturated heterocycles. The van der Waals surface area contributed by atoms with Gasteiger partial charge in [0.1, 0.15) is 5.75 Å². The van der Waals surface area contributed by atoms with E-state index in [-0.39, 0.29) is 17.8 Å². The topological polar surface area (TPSA) is 77.4 Å². The Labute approximate surface area is 192 Å². The number of amides is 1. The Morgan fingerprint density at radius 1 is 1.00 bits per heavy atom. The smallest absolute Gasteiger partial charge is 0.321 e. The van der Waals surface area contributed by atoms with Gasteiger partial charge >= 0.3 is 6.01 Å². The second-order valence-electron chi connectivity index (χ2n) is 8.09. The van der Waals surface area contributed by atoms with Gasteiger partial charge in [-0.1, -0.05) is 18.2 Å². The van der Waals surface area contributed by atoms with Crippen molar-refractivity contribution in [1.82, 2.24) is 19.9 Å². The third-order valence-corrected chi connectivity index (χ3v) is 5.65. The predicted molar refractivity (Wildman–Crippen MR) is 124 cm³/mol. The van der Waals surface area contributed by atoms with E-state index in [1.54, 1.807) is 48.9 Å². The molecule has 3 heterocycles. The van der Waals surface area contributed by atoms with Crippen molar-refractivity contribution in [2.75, 3.05) is 26.3 Å². The molecule has 2 aromatic carbocycles. The van der Waals surface area contributed by atoms with Crippen LogP contribution in [0.2, 0.25) is 0 Å². The highest BCUT2D eigenvalue weighted by Crippen LogP contribution is 2.22. The molecule has 0 saturated carbocycles. The summed E-state index contributed by atoms with van der Waals surface area (Å²) in [5.41, 5.74) is 2.77. The standard InChI is InChI=1S/C26H24N4O3/c31-25(22-4-1-6-23(16-22)33-26-28-10-3-11-29-26)30-12-13-32-18-20(17-30)14-19-7-8-24-21(15-19)5-2-9-27-24/h1-11,15-16,20H,12-14,17-18H2/t20-/m1/s1. The van der Waals surface area contributed by atoms with Crippen LogP contribution in [0.5, 0.6) is 11.8 Å². The van der Waals surface area contributed by atoms with Crippen molar-refractivity contribution in [2.45, 2.75) is 6.42 Å². The highest BCUT2D eigenvalue weighted by Gasteiger charge is 2.24. The van der Waals surface area contributed by atoms with Gasteiger partial charge in [0.05, 0.1) is 18.7 Å². The number of fused-ring (bicyclic) bond motifs is 1. The molecule has 1 aliphatic rings. The van der Waals surface area contributed by atoms with Crippen LogP contribution in [-0.2, 0) is 11.2 Å². The van der Waals surface area contributed by atoms with Gasteiger partial charge in [-0.05, 0) is 54.4 Å².